The topological polar surface area (TPSA) is 70.4 Å². The highest BCUT2D eigenvalue weighted by Crippen LogP contribution is 2.28. The van der Waals surface area contributed by atoms with Gasteiger partial charge in [-0.25, -0.2) is 4.68 Å². The molecule has 1 atom stereocenters. The minimum Gasteiger partial charge on any atom is -0.391 e. The Balaban J connectivity index is 1.69. The van der Waals surface area contributed by atoms with E-state index in [1.807, 2.05) is 66.7 Å². The molecule has 1 aromatic heterocycles. The standard InChI is InChI=1S/C24H28N4O2/c1-18(29)24(13-15-27(2)16-14-24)25-23(30)21-17-22(19-9-5-3-6-10-19)28(26-21)20-11-7-4-8-12-20/h3-12,17-18,29H,13-16H2,1-2H3,(H,25,30). The van der Waals surface area contributed by atoms with Crippen LogP contribution in [-0.2, 0) is 0 Å². The molecule has 0 spiro atoms. The summed E-state index contributed by atoms with van der Waals surface area (Å²) < 4.78 is 1.80. The molecule has 1 amide bonds. The third-order valence-electron chi connectivity index (χ3n) is 6.05. The molecule has 2 heterocycles. The number of aromatic nitrogens is 2. The number of benzene rings is 2. The number of carbonyl (C=O) groups is 1. The van der Waals surface area contributed by atoms with Gasteiger partial charge in [0.1, 0.15) is 0 Å². The summed E-state index contributed by atoms with van der Waals surface area (Å²) in [5.41, 5.74) is 2.43. The highest BCUT2D eigenvalue weighted by atomic mass is 16.3. The molecule has 6 nitrogen and oxygen atoms in total. The van der Waals surface area contributed by atoms with Gasteiger partial charge in [0.25, 0.3) is 5.91 Å². The van der Waals surface area contributed by atoms with Crippen molar-refractivity contribution in [2.24, 2.45) is 0 Å². The van der Waals surface area contributed by atoms with Gasteiger partial charge in [0.15, 0.2) is 5.69 Å². The van der Waals surface area contributed by atoms with Crippen molar-refractivity contribution in [1.82, 2.24) is 20.0 Å². The van der Waals surface area contributed by atoms with E-state index in [-0.39, 0.29) is 5.91 Å². The van der Waals surface area contributed by atoms with Crippen LogP contribution in [0.1, 0.15) is 30.3 Å². The first-order valence-electron chi connectivity index (χ1n) is 10.4. The van der Waals surface area contributed by atoms with Gasteiger partial charge in [-0.05, 0) is 45.0 Å². The highest BCUT2D eigenvalue weighted by molar-refractivity contribution is 5.94. The quantitative estimate of drug-likeness (QED) is 0.686. The van der Waals surface area contributed by atoms with E-state index in [0.717, 1.165) is 30.0 Å². The van der Waals surface area contributed by atoms with Crippen molar-refractivity contribution in [3.05, 3.63) is 72.4 Å². The maximum atomic E-state index is 13.2. The molecule has 2 N–H and O–H groups in total. The Morgan fingerprint density at radius 1 is 1.07 bits per heavy atom. The number of nitrogens with one attached hydrogen (secondary N) is 1. The first-order chi connectivity index (χ1) is 14.5. The lowest BCUT2D eigenvalue weighted by molar-refractivity contribution is 0.0263. The number of hydrogen-bond acceptors (Lipinski definition) is 4. The molecule has 156 valence electrons. The molecule has 30 heavy (non-hydrogen) atoms. The van der Waals surface area contributed by atoms with E-state index in [9.17, 15) is 9.90 Å². The number of piperidine rings is 1. The van der Waals surface area contributed by atoms with Crippen molar-refractivity contribution in [3.63, 3.8) is 0 Å². The molecule has 1 unspecified atom stereocenters. The second-order valence-electron chi connectivity index (χ2n) is 8.12. The van der Waals surface area contributed by atoms with E-state index in [1.165, 1.54) is 0 Å². The average Bonchev–Trinajstić information content (AvgIpc) is 3.22. The Kier molecular flexibility index (Phi) is 5.70. The van der Waals surface area contributed by atoms with Crippen molar-refractivity contribution in [1.29, 1.82) is 0 Å². The number of likely N-dealkylation sites (tertiary alicyclic amines) is 1. The van der Waals surface area contributed by atoms with Crippen LogP contribution in [0.15, 0.2) is 66.7 Å². The number of nitrogens with zero attached hydrogens (tertiary/aromatic N) is 3. The van der Waals surface area contributed by atoms with Gasteiger partial charge in [-0.15, -0.1) is 0 Å². The zero-order valence-electron chi connectivity index (χ0n) is 17.5. The second kappa shape index (κ2) is 8.42. The molecular weight excluding hydrogens is 376 g/mol. The van der Waals surface area contributed by atoms with Crippen LogP contribution in [0.4, 0.5) is 0 Å². The lowest BCUT2D eigenvalue weighted by Crippen LogP contribution is -2.60. The Morgan fingerprint density at radius 3 is 2.27 bits per heavy atom. The number of aliphatic hydroxyl groups is 1. The Hall–Kier alpha value is -2.96. The molecule has 0 aliphatic carbocycles. The average molecular weight is 405 g/mol. The van der Waals surface area contributed by atoms with Gasteiger partial charge in [-0.2, -0.15) is 5.10 Å². The molecule has 0 bridgehead atoms. The molecular formula is C24H28N4O2. The first kappa shape index (κ1) is 20.3. The summed E-state index contributed by atoms with van der Waals surface area (Å²) in [5.74, 6) is -0.257. The van der Waals surface area contributed by atoms with Gasteiger partial charge in [-0.1, -0.05) is 48.5 Å². The largest absolute Gasteiger partial charge is 0.391 e. The summed E-state index contributed by atoms with van der Waals surface area (Å²) in [5, 5.41) is 18.2. The molecule has 0 radical (unpaired) electrons. The van der Waals surface area contributed by atoms with Gasteiger partial charge in [0.05, 0.1) is 23.0 Å². The Morgan fingerprint density at radius 2 is 1.67 bits per heavy atom. The first-order valence-corrected chi connectivity index (χ1v) is 10.4. The molecule has 3 aromatic rings. The monoisotopic (exact) mass is 404 g/mol. The minimum atomic E-state index is -0.639. The number of hydrogen-bond donors (Lipinski definition) is 2. The van der Waals surface area contributed by atoms with Crippen LogP contribution < -0.4 is 5.32 Å². The van der Waals surface area contributed by atoms with Crippen LogP contribution >= 0.6 is 0 Å². The van der Waals surface area contributed by atoms with E-state index >= 15 is 0 Å². The summed E-state index contributed by atoms with van der Waals surface area (Å²) in [6, 6.07) is 21.5. The zero-order valence-corrected chi connectivity index (χ0v) is 17.5. The van der Waals surface area contributed by atoms with E-state index in [2.05, 4.69) is 22.4 Å². The Labute approximate surface area is 177 Å². The zero-order chi connectivity index (χ0) is 21.1. The van der Waals surface area contributed by atoms with Crippen molar-refractivity contribution >= 4 is 5.91 Å². The fourth-order valence-corrected chi connectivity index (χ4v) is 4.03. The number of aliphatic hydroxyl groups excluding tert-OH is 1. The third kappa shape index (κ3) is 4.01. The SMILES string of the molecule is CC(O)C1(NC(=O)c2cc(-c3ccccc3)n(-c3ccccc3)n2)CCN(C)CC1. The summed E-state index contributed by atoms with van der Waals surface area (Å²) in [4.78, 5) is 15.4. The van der Waals surface area contributed by atoms with Gasteiger partial charge in [0, 0.05) is 18.7 Å². The predicted octanol–water partition coefficient (Wildman–Crippen LogP) is 3.11. The maximum absolute atomic E-state index is 13.2. The molecule has 4 rings (SSSR count). The van der Waals surface area contributed by atoms with Gasteiger partial charge in [-0.3, -0.25) is 4.79 Å². The summed E-state index contributed by atoms with van der Waals surface area (Å²) >= 11 is 0. The fourth-order valence-electron chi connectivity index (χ4n) is 4.03. The van der Waals surface area contributed by atoms with Crippen molar-refractivity contribution in [2.75, 3.05) is 20.1 Å². The van der Waals surface area contributed by atoms with Gasteiger partial charge < -0.3 is 15.3 Å². The van der Waals surface area contributed by atoms with Crippen LogP contribution in [0.5, 0.6) is 0 Å². The van der Waals surface area contributed by atoms with E-state index < -0.39 is 11.6 Å². The van der Waals surface area contributed by atoms with Crippen LogP contribution in [0.3, 0.4) is 0 Å². The number of amides is 1. The molecule has 1 fully saturated rings. The number of para-hydroxylation sites is 1. The summed E-state index contributed by atoms with van der Waals surface area (Å²) in [6.45, 7) is 3.42. The summed E-state index contributed by atoms with van der Waals surface area (Å²) in [7, 11) is 2.06. The van der Waals surface area contributed by atoms with Gasteiger partial charge >= 0.3 is 0 Å². The molecule has 6 heteroatoms. The van der Waals surface area contributed by atoms with E-state index in [1.54, 1.807) is 11.6 Å². The van der Waals surface area contributed by atoms with Crippen LogP contribution in [0.25, 0.3) is 16.9 Å². The highest BCUT2D eigenvalue weighted by Gasteiger charge is 2.40. The van der Waals surface area contributed by atoms with E-state index in [0.29, 0.717) is 18.5 Å². The Bertz CT molecular complexity index is 934. The van der Waals surface area contributed by atoms with Crippen LogP contribution in [0, 0.1) is 0 Å². The molecule has 2 aromatic carbocycles. The normalized spacial score (nSPS) is 17.4. The molecule has 1 aliphatic heterocycles. The lowest BCUT2D eigenvalue weighted by Gasteiger charge is -2.43. The minimum absolute atomic E-state index is 0.257. The number of carbonyl (C=O) groups excluding carboxylic acids is 1. The third-order valence-corrected chi connectivity index (χ3v) is 6.05. The van der Waals surface area contributed by atoms with Crippen molar-refractivity contribution in [2.45, 2.75) is 31.4 Å². The summed E-state index contributed by atoms with van der Waals surface area (Å²) in [6.07, 6.45) is 0.773. The maximum Gasteiger partial charge on any atom is 0.272 e. The number of rotatable bonds is 5. The van der Waals surface area contributed by atoms with E-state index in [4.69, 9.17) is 0 Å². The van der Waals surface area contributed by atoms with Crippen molar-refractivity contribution < 1.29 is 9.90 Å². The predicted molar refractivity (Wildman–Crippen MR) is 118 cm³/mol. The smallest absolute Gasteiger partial charge is 0.272 e. The second-order valence-corrected chi connectivity index (χ2v) is 8.12. The molecule has 0 saturated carbocycles. The van der Waals surface area contributed by atoms with Crippen LogP contribution in [0.2, 0.25) is 0 Å². The fraction of sp³-hybridized carbons (Fsp3) is 0.333. The molecule has 1 saturated heterocycles. The van der Waals surface area contributed by atoms with Crippen molar-refractivity contribution in [3.8, 4) is 16.9 Å². The van der Waals surface area contributed by atoms with Gasteiger partial charge in [0.2, 0.25) is 0 Å². The molecule has 1 aliphatic rings. The lowest BCUT2D eigenvalue weighted by atomic mass is 9.83. The van der Waals surface area contributed by atoms with Crippen LogP contribution in [-0.4, -0.2) is 57.5 Å².